The number of hydrogen-bond acceptors (Lipinski definition) is 7. The zero-order valence-electron chi connectivity index (χ0n) is 20.9. The third-order valence-corrected chi connectivity index (χ3v) is 6.23. The van der Waals surface area contributed by atoms with Crippen LogP contribution in [0.2, 0.25) is 0 Å². The van der Waals surface area contributed by atoms with Crippen molar-refractivity contribution in [3.63, 3.8) is 0 Å². The molecular formula is C28H26N4O5. The molecule has 0 radical (unpaired) electrons. The number of aromatic nitrogens is 2. The van der Waals surface area contributed by atoms with Crippen molar-refractivity contribution in [2.45, 2.75) is 13.0 Å². The number of carbonyl (C=O) groups is 1. The molecular weight excluding hydrogens is 472 g/mol. The van der Waals surface area contributed by atoms with Crippen molar-refractivity contribution in [1.29, 1.82) is 0 Å². The van der Waals surface area contributed by atoms with E-state index in [0.717, 1.165) is 16.9 Å². The predicted molar refractivity (Wildman–Crippen MR) is 139 cm³/mol. The number of allylic oxidation sites excluding steroid dienone is 1. The van der Waals surface area contributed by atoms with Crippen LogP contribution in [0.3, 0.4) is 0 Å². The number of benzene rings is 3. The molecule has 9 nitrogen and oxygen atoms in total. The monoisotopic (exact) mass is 498 g/mol. The summed E-state index contributed by atoms with van der Waals surface area (Å²) in [4.78, 5) is 19.7. The molecule has 0 saturated heterocycles. The summed E-state index contributed by atoms with van der Waals surface area (Å²) in [5.74, 6) is 2.75. The Hall–Kier alpha value is -4.79. The van der Waals surface area contributed by atoms with Gasteiger partial charge in [-0.15, -0.1) is 0 Å². The van der Waals surface area contributed by atoms with Gasteiger partial charge in [0.25, 0.3) is 5.89 Å². The van der Waals surface area contributed by atoms with Crippen LogP contribution in [0.5, 0.6) is 17.2 Å². The Morgan fingerprint density at radius 3 is 2.24 bits per heavy atom. The number of carbonyl (C=O) groups excluding carboxylic acids is 1. The molecule has 2 heterocycles. The summed E-state index contributed by atoms with van der Waals surface area (Å²) in [6.07, 6.45) is 0. The summed E-state index contributed by atoms with van der Waals surface area (Å²) < 4.78 is 21.8. The van der Waals surface area contributed by atoms with E-state index in [1.807, 2.05) is 73.7 Å². The van der Waals surface area contributed by atoms with Crippen molar-refractivity contribution in [2.24, 2.45) is 0 Å². The first-order valence-electron chi connectivity index (χ1n) is 11.6. The second kappa shape index (κ2) is 10.1. The molecule has 0 bridgehead atoms. The number of amides is 2. The van der Waals surface area contributed by atoms with Gasteiger partial charge in [-0.25, -0.2) is 4.79 Å². The average Bonchev–Trinajstić information content (AvgIpc) is 3.42. The van der Waals surface area contributed by atoms with Crippen LogP contribution in [0.15, 0.2) is 83.0 Å². The number of ether oxygens (including phenoxy) is 3. The van der Waals surface area contributed by atoms with Gasteiger partial charge < -0.3 is 24.1 Å². The van der Waals surface area contributed by atoms with E-state index in [4.69, 9.17) is 23.7 Å². The van der Waals surface area contributed by atoms with Crippen molar-refractivity contribution >= 4 is 17.3 Å². The lowest BCUT2D eigenvalue weighted by Gasteiger charge is -2.35. The van der Waals surface area contributed by atoms with Crippen LogP contribution in [0.1, 0.15) is 24.4 Å². The lowest BCUT2D eigenvalue weighted by atomic mass is 9.94. The molecule has 1 N–H and O–H groups in total. The number of nitrogens with zero attached hydrogens (tertiary/aromatic N) is 3. The zero-order valence-corrected chi connectivity index (χ0v) is 20.9. The number of nitrogens with one attached hydrogen (secondary N) is 1. The van der Waals surface area contributed by atoms with Crippen molar-refractivity contribution in [2.75, 3.05) is 26.2 Å². The number of anilines is 1. The summed E-state index contributed by atoms with van der Waals surface area (Å²) in [5.41, 5.74) is 3.55. The van der Waals surface area contributed by atoms with Gasteiger partial charge in [0.2, 0.25) is 5.82 Å². The lowest BCUT2D eigenvalue weighted by molar-refractivity contribution is 0.244. The summed E-state index contributed by atoms with van der Waals surface area (Å²) in [7, 11) is 4.80. The van der Waals surface area contributed by atoms with Crippen LogP contribution in [0.25, 0.3) is 17.0 Å². The standard InChI is InChI=1S/C28H26N4O5/c1-17-24(27-30-26(31-37-27)18-11-13-21(34-2)14-12-18)25(19-7-5-9-22(15-19)35-3)29-28(33)32(17)20-8-6-10-23(16-20)36-4/h5-16,25H,1-4H3,(H,29,33). The molecule has 1 aromatic heterocycles. The smallest absolute Gasteiger partial charge is 0.327 e. The van der Waals surface area contributed by atoms with Crippen molar-refractivity contribution in [3.05, 3.63) is 89.9 Å². The van der Waals surface area contributed by atoms with E-state index in [0.29, 0.717) is 40.2 Å². The molecule has 1 unspecified atom stereocenters. The van der Waals surface area contributed by atoms with Crippen molar-refractivity contribution in [1.82, 2.24) is 15.5 Å². The van der Waals surface area contributed by atoms with Crippen LogP contribution in [0.4, 0.5) is 10.5 Å². The molecule has 3 aromatic carbocycles. The van der Waals surface area contributed by atoms with Crippen LogP contribution >= 0.6 is 0 Å². The largest absolute Gasteiger partial charge is 0.497 e. The molecule has 188 valence electrons. The maximum Gasteiger partial charge on any atom is 0.327 e. The SMILES string of the molecule is COc1ccc(-c2noc(C3=C(C)N(c4cccc(OC)c4)C(=O)NC3c3cccc(OC)c3)n2)cc1. The number of urea groups is 1. The fourth-order valence-corrected chi connectivity index (χ4v) is 4.34. The van der Waals surface area contributed by atoms with E-state index in [1.54, 1.807) is 32.3 Å². The third kappa shape index (κ3) is 4.58. The number of rotatable bonds is 7. The van der Waals surface area contributed by atoms with Crippen LogP contribution in [0, 0.1) is 0 Å². The van der Waals surface area contributed by atoms with Crippen LogP contribution < -0.4 is 24.4 Å². The molecule has 2 amide bonds. The van der Waals surface area contributed by atoms with E-state index >= 15 is 0 Å². The third-order valence-electron chi connectivity index (χ3n) is 6.23. The van der Waals surface area contributed by atoms with Gasteiger partial charge in [0.05, 0.1) is 38.6 Å². The summed E-state index contributed by atoms with van der Waals surface area (Å²) in [6, 6.07) is 21.4. The molecule has 9 heteroatoms. The van der Waals surface area contributed by atoms with E-state index in [-0.39, 0.29) is 6.03 Å². The van der Waals surface area contributed by atoms with E-state index in [2.05, 4.69) is 10.5 Å². The Kier molecular flexibility index (Phi) is 6.51. The van der Waals surface area contributed by atoms with Gasteiger partial charge in [-0.1, -0.05) is 23.4 Å². The normalized spacial score (nSPS) is 15.4. The average molecular weight is 499 g/mol. The Balaban J connectivity index is 1.64. The maximum atomic E-state index is 13.4. The number of methoxy groups -OCH3 is 3. The van der Waals surface area contributed by atoms with Gasteiger partial charge in [0, 0.05) is 17.3 Å². The number of hydrogen-bond donors (Lipinski definition) is 1. The quantitative estimate of drug-likeness (QED) is 0.361. The minimum atomic E-state index is -0.548. The molecule has 0 saturated carbocycles. The minimum absolute atomic E-state index is 0.294. The fourth-order valence-electron chi connectivity index (χ4n) is 4.34. The van der Waals surface area contributed by atoms with Crippen molar-refractivity contribution < 1.29 is 23.5 Å². The molecule has 5 rings (SSSR count). The highest BCUT2D eigenvalue weighted by Crippen LogP contribution is 2.40. The van der Waals surface area contributed by atoms with E-state index < -0.39 is 6.04 Å². The van der Waals surface area contributed by atoms with Crippen molar-refractivity contribution in [3.8, 4) is 28.6 Å². The first kappa shape index (κ1) is 23.9. The molecule has 1 atom stereocenters. The first-order valence-corrected chi connectivity index (χ1v) is 11.6. The van der Waals surface area contributed by atoms with Gasteiger partial charge in [-0.05, 0) is 61.0 Å². The first-order chi connectivity index (χ1) is 18.0. The molecule has 1 aliphatic heterocycles. The molecule has 0 aliphatic carbocycles. The highest BCUT2D eigenvalue weighted by molar-refractivity contribution is 6.01. The Labute approximate surface area is 214 Å². The Morgan fingerprint density at radius 1 is 0.865 bits per heavy atom. The van der Waals surface area contributed by atoms with Gasteiger partial charge in [0.1, 0.15) is 17.2 Å². The van der Waals surface area contributed by atoms with Gasteiger partial charge >= 0.3 is 6.03 Å². The lowest BCUT2D eigenvalue weighted by Crippen LogP contribution is -2.46. The molecule has 37 heavy (non-hydrogen) atoms. The van der Waals surface area contributed by atoms with E-state index in [9.17, 15) is 4.79 Å². The summed E-state index contributed by atoms with van der Waals surface area (Å²) in [6.45, 7) is 1.86. The topological polar surface area (TPSA) is 99.0 Å². The summed E-state index contributed by atoms with van der Waals surface area (Å²) in [5, 5.41) is 7.32. The van der Waals surface area contributed by atoms with Gasteiger partial charge in [-0.3, -0.25) is 4.90 Å². The molecule has 4 aromatic rings. The van der Waals surface area contributed by atoms with Gasteiger partial charge in [0.15, 0.2) is 0 Å². The Bertz CT molecular complexity index is 1460. The minimum Gasteiger partial charge on any atom is -0.497 e. The van der Waals surface area contributed by atoms with Crippen LogP contribution in [-0.4, -0.2) is 37.5 Å². The van der Waals surface area contributed by atoms with E-state index in [1.165, 1.54) is 0 Å². The second-order valence-electron chi connectivity index (χ2n) is 8.35. The highest BCUT2D eigenvalue weighted by Gasteiger charge is 2.36. The Morgan fingerprint density at radius 2 is 1.54 bits per heavy atom. The predicted octanol–water partition coefficient (Wildman–Crippen LogP) is 5.46. The molecule has 0 spiro atoms. The highest BCUT2D eigenvalue weighted by atomic mass is 16.5. The van der Waals surface area contributed by atoms with Gasteiger partial charge in [-0.2, -0.15) is 4.98 Å². The molecule has 0 fully saturated rings. The molecule has 1 aliphatic rings. The second-order valence-corrected chi connectivity index (χ2v) is 8.35. The zero-order chi connectivity index (χ0) is 25.9. The van der Waals surface area contributed by atoms with Crippen LogP contribution in [-0.2, 0) is 0 Å². The summed E-state index contributed by atoms with van der Waals surface area (Å²) >= 11 is 0. The maximum absolute atomic E-state index is 13.4. The fraction of sp³-hybridized carbons (Fsp3) is 0.179.